The lowest BCUT2D eigenvalue weighted by Gasteiger charge is -2.03. The largest absolute Gasteiger partial charge is 0.362 e. The molecule has 1 aromatic heterocycles. The van der Waals surface area contributed by atoms with Gasteiger partial charge < -0.3 is 4.18 Å². The Hall–Kier alpha value is -0.750. The number of pyridine rings is 1. The zero-order chi connectivity index (χ0) is 12.0. The van der Waals surface area contributed by atoms with Crippen molar-refractivity contribution >= 4 is 21.9 Å². The van der Waals surface area contributed by atoms with E-state index in [1.165, 1.54) is 6.07 Å². The smallest absolute Gasteiger partial charge is 0.307 e. The van der Waals surface area contributed by atoms with E-state index in [0.717, 1.165) is 29.9 Å². The average Bonchev–Trinajstić information content (AvgIpc) is 2.16. The van der Waals surface area contributed by atoms with Crippen LogP contribution >= 0.6 is 11.8 Å². The van der Waals surface area contributed by atoms with Crippen LogP contribution in [0.25, 0.3) is 0 Å². The summed E-state index contributed by atoms with van der Waals surface area (Å²) in [5.74, 6) is 1.11. The minimum absolute atomic E-state index is 0.129. The third kappa shape index (κ3) is 5.37. The molecule has 90 valence electrons. The van der Waals surface area contributed by atoms with Crippen molar-refractivity contribution in [2.45, 2.75) is 24.8 Å². The highest BCUT2D eigenvalue weighted by Crippen LogP contribution is 2.20. The molecule has 0 N–H and O–H groups in total. The molecule has 0 fully saturated rings. The van der Waals surface area contributed by atoms with Crippen LogP contribution in [0.2, 0.25) is 0 Å². The molecule has 0 unspecified atom stereocenters. The van der Waals surface area contributed by atoms with E-state index >= 15 is 0 Å². The Bertz CT molecular complexity index is 431. The maximum absolute atomic E-state index is 10.9. The van der Waals surface area contributed by atoms with Gasteiger partial charge in [0.1, 0.15) is 5.03 Å². The van der Waals surface area contributed by atoms with Gasteiger partial charge in [-0.2, -0.15) is 8.42 Å². The first-order valence-corrected chi connectivity index (χ1v) is 7.81. The SMILES string of the molecule is CCCCSc1cccc(OS(C)(=O)=O)n1. The van der Waals surface area contributed by atoms with Crippen molar-refractivity contribution < 1.29 is 12.6 Å². The first-order chi connectivity index (χ1) is 7.51. The van der Waals surface area contributed by atoms with Gasteiger partial charge in [-0.1, -0.05) is 19.4 Å². The normalized spacial score (nSPS) is 11.4. The Morgan fingerprint density at radius 1 is 1.44 bits per heavy atom. The summed E-state index contributed by atoms with van der Waals surface area (Å²) in [7, 11) is -3.49. The van der Waals surface area contributed by atoms with E-state index in [1.54, 1.807) is 17.8 Å². The van der Waals surface area contributed by atoms with Gasteiger partial charge in [0.15, 0.2) is 0 Å². The van der Waals surface area contributed by atoms with E-state index in [2.05, 4.69) is 11.9 Å². The van der Waals surface area contributed by atoms with E-state index in [1.807, 2.05) is 6.07 Å². The molecule has 0 saturated carbocycles. The Morgan fingerprint density at radius 2 is 2.19 bits per heavy atom. The monoisotopic (exact) mass is 261 g/mol. The van der Waals surface area contributed by atoms with Gasteiger partial charge in [0.25, 0.3) is 0 Å². The van der Waals surface area contributed by atoms with Crippen molar-refractivity contribution in [2.24, 2.45) is 0 Å². The topological polar surface area (TPSA) is 56.3 Å². The standard InChI is InChI=1S/C10H15NO3S2/c1-3-4-8-15-10-7-5-6-9(11-10)14-16(2,12)13/h5-7H,3-4,8H2,1-2H3. The fourth-order valence-corrected chi connectivity index (χ4v) is 2.37. The molecule has 6 heteroatoms. The van der Waals surface area contributed by atoms with Crippen molar-refractivity contribution in [2.75, 3.05) is 12.0 Å². The van der Waals surface area contributed by atoms with Gasteiger partial charge in [-0.05, 0) is 18.2 Å². The lowest BCUT2D eigenvalue weighted by atomic mass is 10.4. The summed E-state index contributed by atoms with van der Waals surface area (Å²) < 4.78 is 26.5. The van der Waals surface area contributed by atoms with Crippen LogP contribution in [0.4, 0.5) is 0 Å². The molecule has 0 aliphatic rings. The fraction of sp³-hybridized carbons (Fsp3) is 0.500. The van der Waals surface area contributed by atoms with Crippen molar-refractivity contribution in [3.63, 3.8) is 0 Å². The molecule has 0 aliphatic heterocycles. The molecule has 0 spiro atoms. The van der Waals surface area contributed by atoms with E-state index < -0.39 is 10.1 Å². The molecule has 0 aromatic carbocycles. The van der Waals surface area contributed by atoms with Crippen LogP contribution in [-0.2, 0) is 10.1 Å². The van der Waals surface area contributed by atoms with Crippen LogP contribution in [-0.4, -0.2) is 25.4 Å². The molecule has 1 aromatic rings. The second-order valence-electron chi connectivity index (χ2n) is 3.30. The average molecular weight is 261 g/mol. The van der Waals surface area contributed by atoms with E-state index in [0.29, 0.717) is 0 Å². The molecule has 1 heterocycles. The minimum Gasteiger partial charge on any atom is -0.362 e. The first kappa shape index (κ1) is 13.3. The van der Waals surface area contributed by atoms with Gasteiger partial charge in [-0.25, -0.2) is 4.98 Å². The summed E-state index contributed by atoms with van der Waals surface area (Å²) >= 11 is 1.60. The Morgan fingerprint density at radius 3 is 2.81 bits per heavy atom. The molecule has 0 aliphatic carbocycles. The van der Waals surface area contributed by atoms with Crippen LogP contribution in [0.5, 0.6) is 5.88 Å². The van der Waals surface area contributed by atoms with Crippen LogP contribution in [0.3, 0.4) is 0 Å². The third-order valence-electron chi connectivity index (χ3n) is 1.68. The van der Waals surface area contributed by atoms with E-state index in [9.17, 15) is 8.42 Å². The summed E-state index contributed by atoms with van der Waals surface area (Å²) in [6.45, 7) is 2.12. The number of rotatable bonds is 6. The highest BCUT2D eigenvalue weighted by atomic mass is 32.2. The van der Waals surface area contributed by atoms with Crippen molar-refractivity contribution in [1.29, 1.82) is 0 Å². The van der Waals surface area contributed by atoms with Crippen LogP contribution in [0.15, 0.2) is 23.2 Å². The number of hydrogen-bond acceptors (Lipinski definition) is 5. The van der Waals surface area contributed by atoms with Gasteiger partial charge >= 0.3 is 10.1 Å². The molecule has 0 radical (unpaired) electrons. The van der Waals surface area contributed by atoms with Crippen molar-refractivity contribution in [3.05, 3.63) is 18.2 Å². The van der Waals surface area contributed by atoms with Crippen LogP contribution in [0, 0.1) is 0 Å². The van der Waals surface area contributed by atoms with E-state index in [-0.39, 0.29) is 5.88 Å². The van der Waals surface area contributed by atoms with Crippen LogP contribution < -0.4 is 4.18 Å². The number of nitrogens with zero attached hydrogens (tertiary/aromatic N) is 1. The molecule has 0 amide bonds. The maximum Gasteiger partial charge on any atom is 0.307 e. The van der Waals surface area contributed by atoms with Gasteiger partial charge in [0.05, 0.1) is 6.26 Å². The van der Waals surface area contributed by atoms with Gasteiger partial charge in [0, 0.05) is 6.07 Å². The van der Waals surface area contributed by atoms with E-state index in [4.69, 9.17) is 4.18 Å². The summed E-state index contributed by atoms with van der Waals surface area (Å²) in [5.41, 5.74) is 0. The number of unbranched alkanes of at least 4 members (excludes halogenated alkanes) is 1. The molecular formula is C10H15NO3S2. The summed E-state index contributed by atoms with van der Waals surface area (Å²) in [4.78, 5) is 4.09. The fourth-order valence-electron chi connectivity index (χ4n) is 0.999. The first-order valence-electron chi connectivity index (χ1n) is 5.00. The molecule has 1 rings (SSSR count). The lowest BCUT2D eigenvalue weighted by Crippen LogP contribution is -2.07. The Labute approximate surface area is 101 Å². The molecule has 16 heavy (non-hydrogen) atoms. The van der Waals surface area contributed by atoms with Crippen molar-refractivity contribution in [1.82, 2.24) is 4.98 Å². The van der Waals surface area contributed by atoms with Gasteiger partial charge in [0.2, 0.25) is 5.88 Å². The number of hydrogen-bond donors (Lipinski definition) is 0. The highest BCUT2D eigenvalue weighted by molar-refractivity contribution is 7.99. The molecule has 0 saturated heterocycles. The quantitative estimate of drug-likeness (QED) is 0.447. The zero-order valence-corrected chi connectivity index (χ0v) is 11.0. The second kappa shape index (κ2) is 6.10. The Kier molecular flexibility index (Phi) is 5.08. The summed E-state index contributed by atoms with van der Waals surface area (Å²) in [6, 6.07) is 5.11. The maximum atomic E-state index is 10.9. The van der Waals surface area contributed by atoms with Gasteiger partial charge in [-0.15, -0.1) is 11.8 Å². The van der Waals surface area contributed by atoms with Gasteiger partial charge in [-0.3, -0.25) is 0 Å². The summed E-state index contributed by atoms with van der Waals surface area (Å²) in [6.07, 6.45) is 3.25. The second-order valence-corrected chi connectivity index (χ2v) is 5.99. The zero-order valence-electron chi connectivity index (χ0n) is 9.34. The predicted octanol–water partition coefficient (Wildman–Crippen LogP) is 2.31. The highest BCUT2D eigenvalue weighted by Gasteiger charge is 2.06. The molecular weight excluding hydrogens is 246 g/mol. The minimum atomic E-state index is -3.49. The molecule has 0 atom stereocenters. The number of thioether (sulfide) groups is 1. The predicted molar refractivity (Wildman–Crippen MR) is 65.3 cm³/mol. The van der Waals surface area contributed by atoms with Crippen LogP contribution in [0.1, 0.15) is 19.8 Å². The lowest BCUT2D eigenvalue weighted by molar-refractivity contribution is 0.480. The van der Waals surface area contributed by atoms with Crippen molar-refractivity contribution in [3.8, 4) is 5.88 Å². The molecule has 4 nitrogen and oxygen atoms in total. The Balaban J connectivity index is 2.64. The number of aromatic nitrogens is 1. The summed E-state index contributed by atoms with van der Waals surface area (Å²) in [5, 5.41) is 0.787. The third-order valence-corrected chi connectivity index (χ3v) is 3.17. The molecule has 0 bridgehead atoms.